The van der Waals surface area contributed by atoms with E-state index in [9.17, 15) is 9.18 Å². The molecule has 0 atom stereocenters. The van der Waals surface area contributed by atoms with E-state index in [1.807, 2.05) is 0 Å². The molecule has 1 amide bonds. The number of amides is 1. The van der Waals surface area contributed by atoms with Crippen molar-refractivity contribution in [1.82, 2.24) is 0 Å². The maximum Gasteiger partial charge on any atom is 0.224 e. The van der Waals surface area contributed by atoms with Gasteiger partial charge in [0.25, 0.3) is 0 Å². The van der Waals surface area contributed by atoms with Gasteiger partial charge in [0.2, 0.25) is 5.91 Å². The molecular formula is C15H13FN2O2. The van der Waals surface area contributed by atoms with Gasteiger partial charge in [-0.1, -0.05) is 0 Å². The van der Waals surface area contributed by atoms with Gasteiger partial charge >= 0.3 is 0 Å². The monoisotopic (exact) mass is 272 g/mol. The highest BCUT2D eigenvalue weighted by atomic mass is 19.1. The van der Waals surface area contributed by atoms with Crippen LogP contribution in [-0.2, 0) is 11.2 Å². The van der Waals surface area contributed by atoms with Crippen molar-refractivity contribution in [2.45, 2.75) is 12.8 Å². The van der Waals surface area contributed by atoms with Gasteiger partial charge in [0, 0.05) is 18.2 Å². The number of hydrogen-bond acceptors (Lipinski definition) is 3. The molecule has 2 aromatic carbocycles. The van der Waals surface area contributed by atoms with E-state index in [1.54, 1.807) is 12.1 Å². The summed E-state index contributed by atoms with van der Waals surface area (Å²) in [6, 6.07) is 9.16. The normalized spacial score (nSPS) is 13.6. The number of halogens is 1. The summed E-state index contributed by atoms with van der Waals surface area (Å²) in [7, 11) is 0. The number of fused-ring (bicyclic) bond motifs is 1. The largest absolute Gasteiger partial charge is 0.455 e. The fraction of sp³-hybridized carbons (Fsp3) is 0.133. The average molecular weight is 272 g/mol. The Balaban J connectivity index is 1.91. The van der Waals surface area contributed by atoms with Gasteiger partial charge in [-0.25, -0.2) is 4.39 Å². The maximum absolute atomic E-state index is 12.8. The first kappa shape index (κ1) is 12.5. The summed E-state index contributed by atoms with van der Waals surface area (Å²) in [6.07, 6.45) is 1.13. The van der Waals surface area contributed by atoms with Crippen LogP contribution in [0.2, 0.25) is 0 Å². The molecule has 1 heterocycles. The minimum atomic E-state index is -0.331. The number of carbonyl (C=O) groups excluding carboxylic acids is 1. The Morgan fingerprint density at radius 1 is 1.15 bits per heavy atom. The lowest BCUT2D eigenvalue weighted by Gasteiger charge is -2.19. The van der Waals surface area contributed by atoms with Gasteiger partial charge in [0.1, 0.15) is 11.6 Å². The highest BCUT2D eigenvalue weighted by Gasteiger charge is 2.17. The summed E-state index contributed by atoms with van der Waals surface area (Å²) < 4.78 is 18.5. The van der Waals surface area contributed by atoms with Gasteiger partial charge in [-0.3, -0.25) is 4.79 Å². The van der Waals surface area contributed by atoms with Crippen LogP contribution in [-0.4, -0.2) is 5.91 Å². The molecule has 3 N–H and O–H groups in total. The molecule has 1 aliphatic heterocycles. The van der Waals surface area contributed by atoms with E-state index < -0.39 is 0 Å². The third kappa shape index (κ3) is 2.42. The van der Waals surface area contributed by atoms with Crippen LogP contribution in [0.4, 0.5) is 15.8 Å². The van der Waals surface area contributed by atoms with Crippen LogP contribution in [0.5, 0.6) is 11.5 Å². The van der Waals surface area contributed by atoms with Gasteiger partial charge in [-0.15, -0.1) is 0 Å². The van der Waals surface area contributed by atoms with Gasteiger partial charge in [0.05, 0.1) is 5.69 Å². The highest BCUT2D eigenvalue weighted by molar-refractivity contribution is 5.94. The summed E-state index contributed by atoms with van der Waals surface area (Å²) >= 11 is 0. The lowest BCUT2D eigenvalue weighted by atomic mass is 10.0. The van der Waals surface area contributed by atoms with Crippen LogP contribution in [0.15, 0.2) is 36.4 Å². The number of hydrogen-bond donors (Lipinski definition) is 2. The average Bonchev–Trinajstić information content (AvgIpc) is 2.42. The number of nitrogen functional groups attached to an aromatic ring is 1. The van der Waals surface area contributed by atoms with E-state index in [2.05, 4.69) is 5.32 Å². The molecule has 0 saturated carbocycles. The first-order chi connectivity index (χ1) is 9.61. The molecule has 0 unspecified atom stereocenters. The Labute approximate surface area is 115 Å². The van der Waals surface area contributed by atoms with Crippen molar-refractivity contribution in [3.63, 3.8) is 0 Å². The molecule has 20 heavy (non-hydrogen) atoms. The Bertz CT molecular complexity index is 668. The molecule has 2 aromatic rings. The molecule has 4 nitrogen and oxygen atoms in total. The lowest BCUT2D eigenvalue weighted by Crippen LogP contribution is -2.19. The van der Waals surface area contributed by atoms with Crippen molar-refractivity contribution < 1.29 is 13.9 Å². The number of benzene rings is 2. The number of anilines is 2. The number of aryl methyl sites for hydroxylation is 1. The second kappa shape index (κ2) is 4.85. The van der Waals surface area contributed by atoms with Crippen LogP contribution >= 0.6 is 0 Å². The van der Waals surface area contributed by atoms with Crippen LogP contribution in [0.1, 0.15) is 12.0 Å². The third-order valence-corrected chi connectivity index (χ3v) is 3.17. The molecular weight excluding hydrogens is 259 g/mol. The summed E-state index contributed by atoms with van der Waals surface area (Å²) in [5.41, 5.74) is 8.14. The summed E-state index contributed by atoms with van der Waals surface area (Å²) in [6.45, 7) is 0. The minimum absolute atomic E-state index is 0.0185. The fourth-order valence-electron chi connectivity index (χ4n) is 2.15. The molecule has 102 valence electrons. The van der Waals surface area contributed by atoms with Crippen molar-refractivity contribution in [1.29, 1.82) is 0 Å². The molecule has 1 aliphatic rings. The second-order valence-electron chi connectivity index (χ2n) is 4.65. The van der Waals surface area contributed by atoms with E-state index in [0.29, 0.717) is 35.7 Å². The SMILES string of the molecule is Nc1cc2c(cc1Oc1ccc(F)cc1)NC(=O)CC2. The van der Waals surface area contributed by atoms with Crippen molar-refractivity contribution in [3.8, 4) is 11.5 Å². The summed E-state index contributed by atoms with van der Waals surface area (Å²) in [4.78, 5) is 11.4. The fourth-order valence-corrected chi connectivity index (χ4v) is 2.15. The topological polar surface area (TPSA) is 64.3 Å². The number of nitrogens with two attached hydrogens (primary N) is 1. The van der Waals surface area contributed by atoms with Gasteiger partial charge in [-0.05, 0) is 42.3 Å². The lowest BCUT2D eigenvalue weighted by molar-refractivity contribution is -0.116. The first-order valence-electron chi connectivity index (χ1n) is 6.27. The van der Waals surface area contributed by atoms with Crippen LogP contribution in [0.25, 0.3) is 0 Å². The molecule has 0 radical (unpaired) electrons. The Morgan fingerprint density at radius 3 is 2.65 bits per heavy atom. The van der Waals surface area contributed by atoms with E-state index in [-0.39, 0.29) is 11.7 Å². The number of ether oxygens (including phenoxy) is 1. The van der Waals surface area contributed by atoms with Crippen molar-refractivity contribution >= 4 is 17.3 Å². The number of rotatable bonds is 2. The molecule has 0 saturated heterocycles. The minimum Gasteiger partial charge on any atom is -0.455 e. The molecule has 0 aliphatic carbocycles. The third-order valence-electron chi connectivity index (χ3n) is 3.17. The zero-order chi connectivity index (χ0) is 14.1. The summed E-state index contributed by atoms with van der Waals surface area (Å²) in [5.74, 6) is 0.579. The highest BCUT2D eigenvalue weighted by Crippen LogP contribution is 2.35. The standard InChI is InChI=1S/C15H13FN2O2/c16-10-2-4-11(5-3-10)20-14-8-13-9(7-12(14)17)1-6-15(19)18-13/h2-5,7-8H,1,6,17H2,(H,18,19). The number of carbonyl (C=O) groups is 1. The van der Waals surface area contributed by atoms with Gasteiger partial charge in [0.15, 0.2) is 5.75 Å². The molecule has 0 bridgehead atoms. The summed E-state index contributed by atoms with van der Waals surface area (Å²) in [5, 5.41) is 2.79. The maximum atomic E-state index is 12.8. The predicted molar refractivity (Wildman–Crippen MR) is 74.3 cm³/mol. The van der Waals surface area contributed by atoms with Crippen molar-refractivity contribution in [3.05, 3.63) is 47.8 Å². The molecule has 0 fully saturated rings. The predicted octanol–water partition coefficient (Wildman–Crippen LogP) is 3.08. The molecule has 3 rings (SSSR count). The zero-order valence-electron chi connectivity index (χ0n) is 10.7. The van der Waals surface area contributed by atoms with Crippen LogP contribution < -0.4 is 15.8 Å². The van der Waals surface area contributed by atoms with Crippen LogP contribution in [0, 0.1) is 5.82 Å². The molecule has 0 spiro atoms. The van der Waals surface area contributed by atoms with E-state index in [1.165, 1.54) is 24.3 Å². The van der Waals surface area contributed by atoms with Crippen molar-refractivity contribution in [2.75, 3.05) is 11.1 Å². The molecule has 0 aromatic heterocycles. The van der Waals surface area contributed by atoms with Gasteiger partial charge in [-0.2, -0.15) is 0 Å². The zero-order valence-corrected chi connectivity index (χ0v) is 10.7. The quantitative estimate of drug-likeness (QED) is 0.826. The van der Waals surface area contributed by atoms with E-state index in [4.69, 9.17) is 10.5 Å². The first-order valence-corrected chi connectivity index (χ1v) is 6.27. The van der Waals surface area contributed by atoms with Crippen molar-refractivity contribution in [2.24, 2.45) is 0 Å². The second-order valence-corrected chi connectivity index (χ2v) is 4.65. The molecule has 5 heteroatoms. The Morgan fingerprint density at radius 2 is 1.90 bits per heavy atom. The van der Waals surface area contributed by atoms with Crippen LogP contribution in [0.3, 0.4) is 0 Å². The number of nitrogens with one attached hydrogen (secondary N) is 1. The van der Waals surface area contributed by atoms with E-state index >= 15 is 0 Å². The Kier molecular flexibility index (Phi) is 3.02. The Hall–Kier alpha value is -2.56. The van der Waals surface area contributed by atoms with Gasteiger partial charge < -0.3 is 15.8 Å². The van der Waals surface area contributed by atoms with E-state index in [0.717, 1.165) is 5.56 Å². The smallest absolute Gasteiger partial charge is 0.224 e.